The van der Waals surface area contributed by atoms with Crippen LogP contribution < -0.4 is 10.9 Å². The van der Waals surface area contributed by atoms with E-state index in [0.717, 1.165) is 17.5 Å². The number of rotatable bonds is 4. The van der Waals surface area contributed by atoms with Gasteiger partial charge in [-0.2, -0.15) is 5.10 Å². The first-order valence-corrected chi connectivity index (χ1v) is 8.79. The Bertz CT molecular complexity index is 1040. The maximum absolute atomic E-state index is 14.0. The lowest BCUT2D eigenvalue weighted by molar-refractivity contribution is -0.122. The predicted molar refractivity (Wildman–Crippen MR) is 99.7 cm³/mol. The molecule has 1 aliphatic rings. The van der Waals surface area contributed by atoms with Gasteiger partial charge in [-0.3, -0.25) is 9.59 Å². The Balaban J connectivity index is 1.48. The van der Waals surface area contributed by atoms with E-state index in [1.165, 1.54) is 29.3 Å². The number of nitrogens with one attached hydrogen (secondary N) is 1. The summed E-state index contributed by atoms with van der Waals surface area (Å²) in [6.45, 7) is -0.200. The molecule has 0 fully saturated rings. The van der Waals surface area contributed by atoms with Crippen LogP contribution in [0.15, 0.2) is 65.5 Å². The number of carbonyl (C=O) groups excluding carboxylic acids is 1. The summed E-state index contributed by atoms with van der Waals surface area (Å²) in [4.78, 5) is 24.5. The van der Waals surface area contributed by atoms with Gasteiger partial charge in [0.2, 0.25) is 5.91 Å². The van der Waals surface area contributed by atoms with E-state index in [2.05, 4.69) is 22.5 Å². The highest BCUT2D eigenvalue weighted by molar-refractivity contribution is 5.76. The minimum atomic E-state index is -0.427. The highest BCUT2D eigenvalue weighted by atomic mass is 19.1. The third-order valence-electron chi connectivity index (χ3n) is 4.73. The fourth-order valence-corrected chi connectivity index (χ4v) is 3.45. The number of carbonyl (C=O) groups is 1. The van der Waals surface area contributed by atoms with Crippen molar-refractivity contribution in [1.29, 1.82) is 0 Å². The molecule has 1 amide bonds. The number of fused-ring (bicyclic) bond motifs is 1. The molecule has 0 atom stereocenters. The second kappa shape index (κ2) is 7.15. The fraction of sp³-hybridized carbons (Fsp3) is 0.190. The van der Waals surface area contributed by atoms with Crippen LogP contribution in [0.1, 0.15) is 11.1 Å². The van der Waals surface area contributed by atoms with Crippen LogP contribution in [0, 0.1) is 5.82 Å². The molecule has 6 heteroatoms. The highest BCUT2D eigenvalue weighted by Crippen LogP contribution is 2.21. The zero-order valence-electron chi connectivity index (χ0n) is 14.6. The molecule has 2 aromatic carbocycles. The number of hydrogen-bond donors (Lipinski definition) is 1. The third-order valence-corrected chi connectivity index (χ3v) is 4.73. The van der Waals surface area contributed by atoms with Crippen molar-refractivity contribution >= 4 is 5.91 Å². The molecular formula is C21H18FN3O2. The van der Waals surface area contributed by atoms with Crippen LogP contribution in [0.2, 0.25) is 0 Å². The maximum atomic E-state index is 14.0. The van der Waals surface area contributed by atoms with Crippen molar-refractivity contribution in [1.82, 2.24) is 15.1 Å². The van der Waals surface area contributed by atoms with Gasteiger partial charge in [-0.05, 0) is 42.2 Å². The Hall–Kier alpha value is -3.28. The lowest BCUT2D eigenvalue weighted by atomic mass is 10.1. The molecule has 0 spiro atoms. The van der Waals surface area contributed by atoms with Crippen molar-refractivity contribution in [3.05, 3.63) is 88.0 Å². The standard InChI is InChI=1S/C21H18FN3O2/c22-18-8-4-3-7-17(18)19-9-10-21(27)25(24-19)13-20(26)23-16-11-14-5-1-2-6-15(14)12-16/h1-10,16H,11-13H2,(H,23,26). The summed E-state index contributed by atoms with van der Waals surface area (Å²) in [6.07, 6.45) is 1.55. The van der Waals surface area contributed by atoms with Crippen molar-refractivity contribution in [3.63, 3.8) is 0 Å². The third kappa shape index (κ3) is 3.65. The van der Waals surface area contributed by atoms with E-state index < -0.39 is 11.4 Å². The zero-order chi connectivity index (χ0) is 18.8. The number of hydrogen-bond acceptors (Lipinski definition) is 3. The smallest absolute Gasteiger partial charge is 0.267 e. The van der Waals surface area contributed by atoms with Crippen molar-refractivity contribution in [2.45, 2.75) is 25.4 Å². The van der Waals surface area contributed by atoms with Crippen LogP contribution in [0.5, 0.6) is 0 Å². The summed E-state index contributed by atoms with van der Waals surface area (Å²) in [5.74, 6) is -0.712. The molecule has 0 radical (unpaired) electrons. The summed E-state index contributed by atoms with van der Waals surface area (Å²) in [6, 6.07) is 17.1. The van der Waals surface area contributed by atoms with E-state index in [1.807, 2.05) is 12.1 Å². The molecule has 4 rings (SSSR count). The SMILES string of the molecule is O=C(Cn1nc(-c2ccccc2F)ccc1=O)NC1Cc2ccccc2C1. The van der Waals surface area contributed by atoms with Gasteiger partial charge in [0.15, 0.2) is 0 Å². The van der Waals surface area contributed by atoms with Crippen molar-refractivity contribution < 1.29 is 9.18 Å². The van der Waals surface area contributed by atoms with E-state index in [9.17, 15) is 14.0 Å². The van der Waals surface area contributed by atoms with Gasteiger partial charge in [0.1, 0.15) is 12.4 Å². The van der Waals surface area contributed by atoms with Crippen molar-refractivity contribution in [2.24, 2.45) is 0 Å². The summed E-state index contributed by atoms with van der Waals surface area (Å²) in [5, 5.41) is 7.12. The summed E-state index contributed by atoms with van der Waals surface area (Å²) in [7, 11) is 0. The van der Waals surface area contributed by atoms with E-state index >= 15 is 0 Å². The number of nitrogens with zero attached hydrogens (tertiary/aromatic N) is 2. The minimum Gasteiger partial charge on any atom is -0.351 e. The molecule has 5 nitrogen and oxygen atoms in total. The second-order valence-corrected chi connectivity index (χ2v) is 6.64. The van der Waals surface area contributed by atoms with Gasteiger partial charge in [-0.25, -0.2) is 9.07 Å². The van der Waals surface area contributed by atoms with Gasteiger partial charge >= 0.3 is 0 Å². The lowest BCUT2D eigenvalue weighted by Crippen LogP contribution is -2.39. The number of aromatic nitrogens is 2. The van der Waals surface area contributed by atoms with Gasteiger partial charge in [0.05, 0.1) is 5.69 Å². The molecule has 27 heavy (non-hydrogen) atoms. The Morgan fingerprint density at radius 2 is 1.70 bits per heavy atom. The summed E-state index contributed by atoms with van der Waals surface area (Å²) >= 11 is 0. The molecule has 0 bridgehead atoms. The molecule has 1 N–H and O–H groups in total. The van der Waals surface area contributed by atoms with E-state index in [4.69, 9.17) is 0 Å². The van der Waals surface area contributed by atoms with Crippen molar-refractivity contribution in [3.8, 4) is 11.3 Å². The molecule has 1 aliphatic carbocycles. The Kier molecular flexibility index (Phi) is 4.54. The Morgan fingerprint density at radius 3 is 2.41 bits per heavy atom. The van der Waals surface area contributed by atoms with Crippen LogP contribution >= 0.6 is 0 Å². The normalized spacial score (nSPS) is 13.4. The monoisotopic (exact) mass is 363 g/mol. The molecule has 0 saturated carbocycles. The molecule has 136 valence electrons. The number of halogens is 1. The van der Waals surface area contributed by atoms with Crippen LogP contribution in [0.3, 0.4) is 0 Å². The van der Waals surface area contributed by atoms with Crippen molar-refractivity contribution in [2.75, 3.05) is 0 Å². The highest BCUT2D eigenvalue weighted by Gasteiger charge is 2.22. The first-order chi connectivity index (χ1) is 13.1. The number of benzene rings is 2. The van der Waals surface area contributed by atoms with Crippen LogP contribution in [-0.2, 0) is 24.2 Å². The molecule has 0 saturated heterocycles. The fourth-order valence-electron chi connectivity index (χ4n) is 3.45. The predicted octanol–water partition coefficient (Wildman–Crippen LogP) is 2.33. The second-order valence-electron chi connectivity index (χ2n) is 6.64. The molecule has 1 aromatic heterocycles. The molecule has 0 aliphatic heterocycles. The van der Waals surface area contributed by atoms with Crippen LogP contribution in [-0.4, -0.2) is 21.7 Å². The first-order valence-electron chi connectivity index (χ1n) is 8.79. The first kappa shape index (κ1) is 17.1. The van der Waals surface area contributed by atoms with Crippen LogP contribution in [0.4, 0.5) is 4.39 Å². The van der Waals surface area contributed by atoms with Gasteiger partial charge in [0.25, 0.3) is 5.56 Å². The lowest BCUT2D eigenvalue weighted by Gasteiger charge is -2.13. The van der Waals surface area contributed by atoms with E-state index in [0.29, 0.717) is 5.69 Å². The van der Waals surface area contributed by atoms with Gasteiger partial charge in [-0.15, -0.1) is 0 Å². The molecule has 1 heterocycles. The summed E-state index contributed by atoms with van der Waals surface area (Å²) in [5.41, 5.74) is 2.67. The van der Waals surface area contributed by atoms with Gasteiger partial charge in [0, 0.05) is 17.7 Å². The van der Waals surface area contributed by atoms with Gasteiger partial charge in [-0.1, -0.05) is 36.4 Å². The zero-order valence-corrected chi connectivity index (χ0v) is 14.6. The quantitative estimate of drug-likeness (QED) is 0.774. The molecule has 0 unspecified atom stereocenters. The average Bonchev–Trinajstić information content (AvgIpc) is 3.06. The Labute approximate surface area is 155 Å². The minimum absolute atomic E-state index is 0.0142. The van der Waals surface area contributed by atoms with Crippen LogP contribution in [0.25, 0.3) is 11.3 Å². The van der Waals surface area contributed by atoms with E-state index in [1.54, 1.807) is 18.2 Å². The average molecular weight is 363 g/mol. The Morgan fingerprint density at radius 1 is 1.04 bits per heavy atom. The molecule has 3 aromatic rings. The topological polar surface area (TPSA) is 64.0 Å². The number of amides is 1. The maximum Gasteiger partial charge on any atom is 0.267 e. The van der Waals surface area contributed by atoms with E-state index in [-0.39, 0.29) is 24.1 Å². The largest absolute Gasteiger partial charge is 0.351 e. The summed E-state index contributed by atoms with van der Waals surface area (Å²) < 4.78 is 15.0. The van der Waals surface area contributed by atoms with Gasteiger partial charge < -0.3 is 5.32 Å². The molecular weight excluding hydrogens is 345 g/mol.